The Bertz CT molecular complexity index is 906. The Morgan fingerprint density at radius 3 is 1.91 bits per heavy atom. The largest absolute Gasteiger partial charge is 0.467 e. The van der Waals surface area contributed by atoms with E-state index in [-0.39, 0.29) is 5.11 Å². The number of anilines is 1. The van der Waals surface area contributed by atoms with Crippen LogP contribution in [0.4, 0.5) is 5.69 Å². The first-order valence-electron chi connectivity index (χ1n) is 9.91. The molecule has 1 aliphatic rings. The summed E-state index contributed by atoms with van der Waals surface area (Å²) in [6.45, 7) is 5.29. The van der Waals surface area contributed by atoms with Crippen LogP contribution < -0.4 is 10.6 Å². The summed E-state index contributed by atoms with van der Waals surface area (Å²) in [5.41, 5.74) is 1.71. The minimum atomic E-state index is -1.50. The summed E-state index contributed by atoms with van der Waals surface area (Å²) in [6, 6.07) is 7.34. The molecule has 0 aliphatic carbocycles. The van der Waals surface area contributed by atoms with E-state index in [4.69, 9.17) is 35.9 Å². The van der Waals surface area contributed by atoms with Crippen molar-refractivity contribution in [2.45, 2.75) is 58.3 Å². The SMILES string of the molecule is COC(=O)[C@H]1O[C@@H](NC(=S)Nc2ccc(C)cc2)[C@H](OC(C)=O)[C@@H](OC(C)=O)[C@@H]1OC(C)=O. The van der Waals surface area contributed by atoms with E-state index in [1.54, 1.807) is 12.1 Å². The van der Waals surface area contributed by atoms with Crippen molar-refractivity contribution >= 4 is 46.9 Å². The van der Waals surface area contributed by atoms with Crippen LogP contribution in [0.5, 0.6) is 0 Å². The normalized spacial score (nSPS) is 24.1. The van der Waals surface area contributed by atoms with E-state index in [2.05, 4.69) is 10.6 Å². The molecule has 1 heterocycles. The van der Waals surface area contributed by atoms with E-state index in [1.807, 2.05) is 19.1 Å². The Hall–Kier alpha value is -3.25. The Balaban J connectivity index is 2.37. The molecule has 2 rings (SSSR count). The number of methoxy groups -OCH3 is 1. The quantitative estimate of drug-likeness (QED) is 0.339. The predicted molar refractivity (Wildman–Crippen MR) is 118 cm³/mol. The lowest BCUT2D eigenvalue weighted by Gasteiger charge is -2.43. The second-order valence-corrected chi connectivity index (χ2v) is 7.60. The first-order valence-corrected chi connectivity index (χ1v) is 10.3. The van der Waals surface area contributed by atoms with Crippen LogP contribution in [0, 0.1) is 6.92 Å². The van der Waals surface area contributed by atoms with Crippen molar-refractivity contribution in [3.8, 4) is 0 Å². The number of ether oxygens (including phenoxy) is 5. The molecule has 5 atom stereocenters. The van der Waals surface area contributed by atoms with Crippen LogP contribution in [-0.2, 0) is 42.9 Å². The predicted octanol–water partition coefficient (Wildman–Crippen LogP) is 0.974. The highest BCUT2D eigenvalue weighted by Gasteiger charge is 2.55. The van der Waals surface area contributed by atoms with E-state index in [9.17, 15) is 19.2 Å². The molecule has 0 unspecified atom stereocenters. The third-order valence-corrected chi connectivity index (χ3v) is 4.68. The number of aryl methyl sites for hydroxylation is 1. The highest BCUT2D eigenvalue weighted by molar-refractivity contribution is 7.80. The van der Waals surface area contributed by atoms with Crippen LogP contribution >= 0.6 is 12.2 Å². The highest BCUT2D eigenvalue weighted by Crippen LogP contribution is 2.29. The maximum atomic E-state index is 12.4. The van der Waals surface area contributed by atoms with Gasteiger partial charge in [-0.3, -0.25) is 14.4 Å². The molecule has 1 aliphatic heterocycles. The van der Waals surface area contributed by atoms with Crippen LogP contribution in [-0.4, -0.2) is 66.7 Å². The van der Waals surface area contributed by atoms with Crippen LogP contribution in [0.25, 0.3) is 0 Å². The van der Waals surface area contributed by atoms with Crippen molar-refractivity contribution < 1.29 is 42.9 Å². The van der Waals surface area contributed by atoms with Crippen LogP contribution in [0.3, 0.4) is 0 Å². The maximum Gasteiger partial charge on any atom is 0.339 e. The molecule has 1 aromatic carbocycles. The summed E-state index contributed by atoms with van der Waals surface area (Å²) in [4.78, 5) is 47.7. The Morgan fingerprint density at radius 1 is 0.879 bits per heavy atom. The second kappa shape index (κ2) is 11.6. The van der Waals surface area contributed by atoms with Gasteiger partial charge in [0.1, 0.15) is 0 Å². The number of benzene rings is 1. The van der Waals surface area contributed by atoms with Gasteiger partial charge in [0.2, 0.25) is 0 Å². The Kier molecular flexibility index (Phi) is 9.12. The van der Waals surface area contributed by atoms with E-state index in [1.165, 1.54) is 0 Å². The lowest BCUT2D eigenvalue weighted by molar-refractivity contribution is -0.250. The second-order valence-electron chi connectivity index (χ2n) is 7.19. The average molecular weight is 483 g/mol. The Labute approximate surface area is 196 Å². The molecule has 11 nitrogen and oxygen atoms in total. The molecule has 1 saturated heterocycles. The van der Waals surface area contributed by atoms with Crippen LogP contribution in [0.15, 0.2) is 24.3 Å². The zero-order valence-corrected chi connectivity index (χ0v) is 19.6. The number of hydrogen-bond acceptors (Lipinski definition) is 10. The van der Waals surface area contributed by atoms with Crippen LogP contribution in [0.1, 0.15) is 26.3 Å². The number of rotatable bonds is 6. The van der Waals surface area contributed by atoms with Gasteiger partial charge in [-0.1, -0.05) is 17.7 Å². The molecule has 0 bridgehead atoms. The molecule has 2 N–H and O–H groups in total. The van der Waals surface area contributed by atoms with Crippen molar-refractivity contribution in [3.05, 3.63) is 29.8 Å². The lowest BCUT2D eigenvalue weighted by Crippen LogP contribution is -2.67. The number of esters is 4. The summed E-state index contributed by atoms with van der Waals surface area (Å²) >= 11 is 5.32. The molecule has 0 spiro atoms. The molecule has 33 heavy (non-hydrogen) atoms. The molecule has 1 fully saturated rings. The summed E-state index contributed by atoms with van der Waals surface area (Å²) in [5, 5.41) is 5.81. The minimum Gasteiger partial charge on any atom is -0.467 e. The number of carbonyl (C=O) groups excluding carboxylic acids is 4. The van der Waals surface area contributed by atoms with Gasteiger partial charge in [0, 0.05) is 26.5 Å². The minimum absolute atomic E-state index is 0.0668. The van der Waals surface area contributed by atoms with E-state index in [0.717, 1.165) is 33.4 Å². The first-order chi connectivity index (χ1) is 15.5. The number of carbonyl (C=O) groups is 4. The van der Waals surface area contributed by atoms with Gasteiger partial charge in [0.05, 0.1) is 7.11 Å². The average Bonchev–Trinajstić information content (AvgIpc) is 2.72. The molecule has 180 valence electrons. The number of nitrogens with one attached hydrogen (secondary N) is 2. The van der Waals surface area contributed by atoms with Gasteiger partial charge >= 0.3 is 23.9 Å². The summed E-state index contributed by atoms with van der Waals surface area (Å²) in [7, 11) is 1.11. The van der Waals surface area contributed by atoms with Gasteiger partial charge < -0.3 is 34.3 Å². The fourth-order valence-corrected chi connectivity index (χ4v) is 3.40. The molecular formula is C21H26N2O9S. The van der Waals surface area contributed by atoms with Gasteiger partial charge in [-0.2, -0.15) is 0 Å². The molecule has 0 saturated carbocycles. The highest BCUT2D eigenvalue weighted by atomic mass is 32.1. The molecule has 0 aromatic heterocycles. The van der Waals surface area contributed by atoms with E-state index >= 15 is 0 Å². The molecule has 0 amide bonds. The summed E-state index contributed by atoms with van der Waals surface area (Å²) < 4.78 is 26.3. The smallest absolute Gasteiger partial charge is 0.339 e. The third-order valence-electron chi connectivity index (χ3n) is 4.46. The van der Waals surface area contributed by atoms with E-state index in [0.29, 0.717) is 5.69 Å². The lowest BCUT2D eigenvalue weighted by atomic mass is 9.97. The fourth-order valence-electron chi connectivity index (χ4n) is 3.17. The topological polar surface area (TPSA) is 138 Å². The molecule has 1 aromatic rings. The first kappa shape index (κ1) is 26.0. The van der Waals surface area contributed by atoms with Crippen molar-refractivity contribution in [2.24, 2.45) is 0 Å². The van der Waals surface area contributed by atoms with Crippen LogP contribution in [0.2, 0.25) is 0 Å². The third kappa shape index (κ3) is 7.39. The standard InChI is InChI=1S/C21H26N2O9S/c1-10-6-8-14(9-7-10)22-21(33)23-19-17(31-13(4)26)15(29-11(2)24)16(30-12(3)25)18(32-19)20(27)28-5/h6-9,15-19H,1-5H3,(H2,22,23,33)/t15-,16-,17+,18-,19+/m0/s1. The van der Waals surface area contributed by atoms with Crippen molar-refractivity contribution in [1.29, 1.82) is 0 Å². The summed E-state index contributed by atoms with van der Waals surface area (Å²) in [5.74, 6) is -3.18. The van der Waals surface area contributed by atoms with Crippen molar-refractivity contribution in [3.63, 3.8) is 0 Å². The molecule has 0 radical (unpaired) electrons. The van der Waals surface area contributed by atoms with Gasteiger partial charge in [0.15, 0.2) is 35.8 Å². The Morgan fingerprint density at radius 2 is 1.39 bits per heavy atom. The number of hydrogen-bond donors (Lipinski definition) is 2. The zero-order chi connectivity index (χ0) is 24.7. The van der Waals surface area contributed by atoms with Crippen molar-refractivity contribution in [2.75, 3.05) is 12.4 Å². The monoisotopic (exact) mass is 482 g/mol. The maximum absolute atomic E-state index is 12.4. The fraction of sp³-hybridized carbons (Fsp3) is 0.476. The van der Waals surface area contributed by atoms with Gasteiger partial charge in [-0.25, -0.2) is 4.79 Å². The van der Waals surface area contributed by atoms with Gasteiger partial charge in [0.25, 0.3) is 0 Å². The van der Waals surface area contributed by atoms with Crippen molar-refractivity contribution in [1.82, 2.24) is 5.32 Å². The van der Waals surface area contributed by atoms with Gasteiger partial charge in [-0.15, -0.1) is 0 Å². The molecule has 12 heteroatoms. The zero-order valence-electron chi connectivity index (χ0n) is 18.8. The summed E-state index contributed by atoms with van der Waals surface area (Å²) in [6.07, 6.45) is -6.93. The molecular weight excluding hydrogens is 456 g/mol. The van der Waals surface area contributed by atoms with Gasteiger partial charge in [-0.05, 0) is 31.3 Å². The van der Waals surface area contributed by atoms with E-state index < -0.39 is 54.5 Å². The number of thiocarbonyl (C=S) groups is 1.